The fourth-order valence-corrected chi connectivity index (χ4v) is 2.48. The predicted molar refractivity (Wildman–Crippen MR) is 89.7 cm³/mol. The van der Waals surface area contributed by atoms with Gasteiger partial charge in [-0.15, -0.1) is 0 Å². The van der Waals surface area contributed by atoms with Gasteiger partial charge in [0.2, 0.25) is 11.8 Å². The van der Waals surface area contributed by atoms with Crippen LogP contribution in [0.25, 0.3) is 0 Å². The molecule has 1 aromatic heterocycles. The summed E-state index contributed by atoms with van der Waals surface area (Å²) < 4.78 is 40.0. The Hall–Kier alpha value is -2.55. The van der Waals surface area contributed by atoms with Crippen molar-refractivity contribution in [2.24, 2.45) is 0 Å². The van der Waals surface area contributed by atoms with Gasteiger partial charge in [-0.05, 0) is 31.2 Å². The molecule has 0 aliphatic heterocycles. The summed E-state index contributed by atoms with van der Waals surface area (Å²) in [5.41, 5.74) is -1.11. The van der Waals surface area contributed by atoms with E-state index < -0.39 is 28.7 Å². The Labute approximate surface area is 152 Å². The third-order valence-electron chi connectivity index (χ3n) is 3.59. The summed E-state index contributed by atoms with van der Waals surface area (Å²) in [6.45, 7) is 1.30. The molecular formula is C16H16ClF3N4O2. The maximum atomic E-state index is 12.8. The maximum absolute atomic E-state index is 12.8. The van der Waals surface area contributed by atoms with Gasteiger partial charge in [-0.1, -0.05) is 11.6 Å². The van der Waals surface area contributed by atoms with Gasteiger partial charge in [-0.2, -0.15) is 18.3 Å². The number of rotatable bonds is 5. The molecular weight excluding hydrogens is 373 g/mol. The topological polar surface area (TPSA) is 67.2 Å². The van der Waals surface area contributed by atoms with Gasteiger partial charge in [0.25, 0.3) is 0 Å². The van der Waals surface area contributed by atoms with E-state index in [1.54, 1.807) is 19.2 Å². The van der Waals surface area contributed by atoms with Crippen molar-refractivity contribution in [1.29, 1.82) is 0 Å². The number of hydrogen-bond donors (Lipinski definition) is 1. The quantitative estimate of drug-likeness (QED) is 0.855. The zero-order valence-corrected chi connectivity index (χ0v) is 14.7. The second-order valence-electron chi connectivity index (χ2n) is 5.60. The minimum absolute atomic E-state index is 0.0623. The van der Waals surface area contributed by atoms with Crippen LogP contribution in [0.4, 0.5) is 18.9 Å². The summed E-state index contributed by atoms with van der Waals surface area (Å²) in [5, 5.41) is 5.82. The molecule has 0 saturated heterocycles. The number of amides is 2. The van der Waals surface area contributed by atoms with Crippen molar-refractivity contribution in [3.8, 4) is 0 Å². The lowest BCUT2D eigenvalue weighted by molar-refractivity contribution is -0.137. The smallest absolute Gasteiger partial charge is 0.335 e. The summed E-state index contributed by atoms with van der Waals surface area (Å²) in [6, 6.07) is 4.09. The highest BCUT2D eigenvalue weighted by Gasteiger charge is 2.33. The molecule has 0 fully saturated rings. The van der Waals surface area contributed by atoms with E-state index in [1.807, 2.05) is 0 Å². The minimum Gasteiger partial charge on any atom is -0.335 e. The lowest BCUT2D eigenvalue weighted by Crippen LogP contribution is -2.38. The fourth-order valence-electron chi connectivity index (χ4n) is 2.26. The molecule has 0 spiro atoms. The van der Waals surface area contributed by atoms with Gasteiger partial charge in [0.05, 0.1) is 17.1 Å². The molecule has 1 aromatic carbocycles. The molecule has 2 rings (SSSR count). The van der Waals surface area contributed by atoms with Crippen LogP contribution in [-0.4, -0.2) is 40.1 Å². The highest BCUT2D eigenvalue weighted by molar-refractivity contribution is 6.31. The molecule has 0 radical (unpaired) electrons. The second-order valence-corrected chi connectivity index (χ2v) is 6.00. The van der Waals surface area contributed by atoms with Crippen LogP contribution in [0.15, 0.2) is 36.7 Å². The van der Waals surface area contributed by atoms with Crippen LogP contribution < -0.4 is 5.32 Å². The number of anilines is 1. The van der Waals surface area contributed by atoms with Crippen molar-refractivity contribution in [1.82, 2.24) is 14.7 Å². The number of carbonyl (C=O) groups is 2. The summed E-state index contributed by atoms with van der Waals surface area (Å²) >= 11 is 5.53. The van der Waals surface area contributed by atoms with Crippen LogP contribution in [0.2, 0.25) is 5.02 Å². The Bertz CT molecular complexity index is 793. The minimum atomic E-state index is -4.64. The summed E-state index contributed by atoms with van der Waals surface area (Å²) in [5.74, 6) is -1.00. The second kappa shape index (κ2) is 7.77. The average molecular weight is 389 g/mol. The lowest BCUT2D eigenvalue weighted by atomic mass is 10.2. The maximum Gasteiger partial charge on any atom is 0.417 e. The number of benzene rings is 1. The highest BCUT2D eigenvalue weighted by Crippen LogP contribution is 2.36. The van der Waals surface area contributed by atoms with Crippen molar-refractivity contribution in [2.75, 3.05) is 18.9 Å². The van der Waals surface area contributed by atoms with Crippen LogP contribution >= 0.6 is 11.6 Å². The molecule has 6 nitrogen and oxygen atoms in total. The van der Waals surface area contributed by atoms with Crippen molar-refractivity contribution in [2.45, 2.75) is 19.1 Å². The summed E-state index contributed by atoms with van der Waals surface area (Å²) in [4.78, 5) is 25.5. The molecule has 0 saturated carbocycles. The van der Waals surface area contributed by atoms with Gasteiger partial charge in [-0.3, -0.25) is 14.3 Å². The van der Waals surface area contributed by atoms with E-state index in [0.717, 1.165) is 12.1 Å². The van der Waals surface area contributed by atoms with Gasteiger partial charge >= 0.3 is 6.18 Å². The zero-order valence-electron chi connectivity index (χ0n) is 13.9. The Balaban J connectivity index is 2.01. The number of likely N-dealkylation sites (N-methyl/N-ethyl adjacent to an activating group) is 1. The molecule has 1 N–H and O–H groups in total. The van der Waals surface area contributed by atoms with Crippen molar-refractivity contribution >= 4 is 29.1 Å². The molecule has 1 unspecified atom stereocenters. The van der Waals surface area contributed by atoms with E-state index in [1.165, 1.54) is 28.9 Å². The summed E-state index contributed by atoms with van der Waals surface area (Å²) in [6.07, 6.45) is -1.50. The first-order valence-corrected chi connectivity index (χ1v) is 7.88. The van der Waals surface area contributed by atoms with Crippen LogP contribution in [0, 0.1) is 0 Å². The van der Waals surface area contributed by atoms with Gasteiger partial charge in [0.1, 0.15) is 6.04 Å². The van der Waals surface area contributed by atoms with Crippen molar-refractivity contribution < 1.29 is 22.8 Å². The van der Waals surface area contributed by atoms with E-state index in [-0.39, 0.29) is 18.1 Å². The van der Waals surface area contributed by atoms with Crippen molar-refractivity contribution in [3.05, 3.63) is 47.2 Å². The van der Waals surface area contributed by atoms with Crippen LogP contribution in [0.3, 0.4) is 0 Å². The van der Waals surface area contributed by atoms with E-state index in [0.29, 0.717) is 0 Å². The first-order valence-electron chi connectivity index (χ1n) is 7.50. The van der Waals surface area contributed by atoms with Gasteiger partial charge in [0.15, 0.2) is 0 Å². The lowest BCUT2D eigenvalue weighted by Gasteiger charge is -2.21. The predicted octanol–water partition coefficient (Wildman–Crippen LogP) is 3.21. The molecule has 26 heavy (non-hydrogen) atoms. The fraction of sp³-hybridized carbons (Fsp3) is 0.312. The largest absolute Gasteiger partial charge is 0.417 e. The summed E-state index contributed by atoms with van der Waals surface area (Å²) in [7, 11) is 1.42. The highest BCUT2D eigenvalue weighted by atomic mass is 35.5. The van der Waals surface area contributed by atoms with E-state index in [2.05, 4.69) is 10.4 Å². The van der Waals surface area contributed by atoms with Crippen LogP contribution in [0.5, 0.6) is 0 Å². The molecule has 2 aromatic rings. The Morgan fingerprint density at radius 1 is 1.38 bits per heavy atom. The molecule has 0 bridgehead atoms. The molecule has 0 aliphatic rings. The number of carbonyl (C=O) groups excluding carboxylic acids is 2. The Kier molecular flexibility index (Phi) is 5.91. The first-order chi connectivity index (χ1) is 12.1. The van der Waals surface area contributed by atoms with Crippen LogP contribution in [-0.2, 0) is 15.8 Å². The first kappa shape index (κ1) is 19.8. The molecule has 10 heteroatoms. The van der Waals surface area contributed by atoms with E-state index in [9.17, 15) is 22.8 Å². The zero-order chi connectivity index (χ0) is 19.5. The van der Waals surface area contributed by atoms with E-state index in [4.69, 9.17) is 11.6 Å². The Morgan fingerprint density at radius 2 is 2.08 bits per heavy atom. The van der Waals surface area contributed by atoms with E-state index >= 15 is 0 Å². The Morgan fingerprint density at radius 3 is 2.65 bits per heavy atom. The number of nitrogens with one attached hydrogen (secondary N) is 1. The molecule has 140 valence electrons. The SMILES string of the molecule is CC(C(=O)N(C)CC(=O)Nc1ccc(Cl)c(C(F)(F)F)c1)n1cccn1. The number of aromatic nitrogens is 2. The molecule has 0 aliphatic carbocycles. The number of nitrogens with zero attached hydrogens (tertiary/aromatic N) is 3. The third kappa shape index (κ3) is 4.75. The monoisotopic (exact) mass is 388 g/mol. The third-order valence-corrected chi connectivity index (χ3v) is 3.92. The van der Waals surface area contributed by atoms with Crippen LogP contribution in [0.1, 0.15) is 18.5 Å². The number of alkyl halides is 3. The number of halogens is 4. The van der Waals surface area contributed by atoms with Gasteiger partial charge in [0, 0.05) is 25.1 Å². The van der Waals surface area contributed by atoms with Crippen molar-refractivity contribution in [3.63, 3.8) is 0 Å². The molecule has 1 atom stereocenters. The molecule has 1 heterocycles. The average Bonchev–Trinajstić information content (AvgIpc) is 3.08. The standard InChI is InChI=1S/C16H16ClF3N4O2/c1-10(24-7-3-6-21-24)15(26)23(2)9-14(25)22-11-4-5-13(17)12(8-11)16(18,19)20/h3-8,10H,9H2,1-2H3,(H,22,25). The van der Waals surface area contributed by atoms with Gasteiger partial charge < -0.3 is 10.2 Å². The van der Waals surface area contributed by atoms with Gasteiger partial charge in [-0.25, -0.2) is 0 Å². The normalized spacial score (nSPS) is 12.5. The number of hydrogen-bond acceptors (Lipinski definition) is 3. The molecule has 2 amide bonds.